The van der Waals surface area contributed by atoms with Crippen LogP contribution in [0.2, 0.25) is 5.02 Å². The molecule has 2 aliphatic heterocycles. The molecule has 3 rings (SSSR count). The van der Waals surface area contributed by atoms with Gasteiger partial charge in [-0.15, -0.1) is 0 Å². The summed E-state index contributed by atoms with van der Waals surface area (Å²) in [6, 6.07) is 5.97. The van der Waals surface area contributed by atoms with Crippen LogP contribution in [0.15, 0.2) is 23.2 Å². The van der Waals surface area contributed by atoms with Gasteiger partial charge in [0.2, 0.25) is 0 Å². The number of unbranched alkanes of at least 4 members (excludes halogenated alkanes) is 1. The van der Waals surface area contributed by atoms with Crippen LogP contribution in [0.1, 0.15) is 37.7 Å². The molecule has 1 aromatic rings. The maximum Gasteiger partial charge on any atom is 0.161 e. The number of nitrogens with one attached hydrogen (secondary N) is 1. The van der Waals surface area contributed by atoms with Crippen molar-refractivity contribution in [2.75, 3.05) is 30.7 Å². The molecular weight excluding hydrogens is 314 g/mol. The first-order valence-corrected chi connectivity index (χ1v) is 9.63. The highest BCUT2D eigenvalue weighted by Gasteiger charge is 2.12. The van der Waals surface area contributed by atoms with Crippen LogP contribution in [-0.2, 0) is 6.54 Å². The van der Waals surface area contributed by atoms with Gasteiger partial charge in [0.05, 0.1) is 6.54 Å². The number of aliphatic imine (C=N–C) groups is 1. The lowest BCUT2D eigenvalue weighted by molar-refractivity contribution is 0.226. The van der Waals surface area contributed by atoms with Crippen LogP contribution >= 0.6 is 23.4 Å². The largest absolute Gasteiger partial charge is 0.335 e. The van der Waals surface area contributed by atoms with Gasteiger partial charge in [0.25, 0.3) is 0 Å². The first-order valence-electron chi connectivity index (χ1n) is 8.26. The van der Waals surface area contributed by atoms with E-state index in [9.17, 15) is 0 Å². The van der Waals surface area contributed by atoms with Gasteiger partial charge in [0.15, 0.2) is 5.17 Å². The van der Waals surface area contributed by atoms with Crippen molar-refractivity contribution in [2.45, 2.75) is 38.6 Å². The van der Waals surface area contributed by atoms with E-state index < -0.39 is 0 Å². The van der Waals surface area contributed by atoms with Gasteiger partial charge in [0, 0.05) is 16.5 Å². The summed E-state index contributed by atoms with van der Waals surface area (Å²) in [5.41, 5.74) is 2.33. The first-order chi connectivity index (χ1) is 10.8. The Labute approximate surface area is 142 Å². The maximum atomic E-state index is 6.01. The zero-order valence-electron chi connectivity index (χ0n) is 13.0. The maximum absolute atomic E-state index is 6.01. The molecule has 3 nitrogen and oxygen atoms in total. The minimum Gasteiger partial charge on any atom is -0.335 e. The van der Waals surface area contributed by atoms with E-state index in [1.165, 1.54) is 57.3 Å². The molecular formula is C17H24ClN3S. The van der Waals surface area contributed by atoms with Gasteiger partial charge in [-0.3, -0.25) is 4.99 Å². The summed E-state index contributed by atoms with van der Waals surface area (Å²) < 4.78 is 0. The highest BCUT2D eigenvalue weighted by atomic mass is 35.5. The summed E-state index contributed by atoms with van der Waals surface area (Å²) in [7, 11) is 0. The predicted molar refractivity (Wildman–Crippen MR) is 98.2 cm³/mol. The lowest BCUT2D eigenvalue weighted by Crippen LogP contribution is -2.30. The Morgan fingerprint density at radius 2 is 2.05 bits per heavy atom. The van der Waals surface area contributed by atoms with E-state index in [0.717, 1.165) is 28.2 Å². The molecule has 0 amide bonds. The Morgan fingerprint density at radius 3 is 2.91 bits per heavy atom. The molecule has 120 valence electrons. The fraction of sp³-hybridized carbons (Fsp3) is 0.588. The molecule has 1 saturated heterocycles. The SMILES string of the molecule is Clc1ccc2c(c1)CN=C(SCCCCN1CCCCC1)N2. The first kappa shape index (κ1) is 16.2. The molecule has 0 aliphatic carbocycles. The van der Waals surface area contributed by atoms with Gasteiger partial charge in [0.1, 0.15) is 0 Å². The minimum absolute atomic E-state index is 0.735. The Morgan fingerprint density at radius 1 is 1.18 bits per heavy atom. The summed E-state index contributed by atoms with van der Waals surface area (Å²) >= 11 is 7.85. The number of nitrogens with zero attached hydrogens (tertiary/aromatic N) is 2. The van der Waals surface area contributed by atoms with Gasteiger partial charge < -0.3 is 10.2 Å². The molecule has 2 heterocycles. The summed E-state index contributed by atoms with van der Waals surface area (Å²) in [6.07, 6.45) is 6.75. The van der Waals surface area contributed by atoms with Crippen LogP contribution in [-0.4, -0.2) is 35.5 Å². The van der Waals surface area contributed by atoms with Crippen LogP contribution in [0, 0.1) is 0 Å². The van der Waals surface area contributed by atoms with E-state index in [1.54, 1.807) is 0 Å². The predicted octanol–water partition coefficient (Wildman–Crippen LogP) is 4.62. The average molecular weight is 338 g/mol. The van der Waals surface area contributed by atoms with E-state index in [1.807, 2.05) is 30.0 Å². The van der Waals surface area contributed by atoms with Crippen molar-refractivity contribution >= 4 is 34.2 Å². The highest BCUT2D eigenvalue weighted by molar-refractivity contribution is 8.14. The summed E-state index contributed by atoms with van der Waals surface area (Å²) in [4.78, 5) is 7.21. The number of likely N-dealkylation sites (tertiary alicyclic amines) is 1. The molecule has 1 N–H and O–H groups in total. The van der Waals surface area contributed by atoms with Crippen molar-refractivity contribution in [1.29, 1.82) is 0 Å². The van der Waals surface area contributed by atoms with Crippen LogP contribution in [0.4, 0.5) is 5.69 Å². The van der Waals surface area contributed by atoms with Crippen molar-refractivity contribution in [2.24, 2.45) is 4.99 Å². The Hall–Kier alpha value is -0.710. The number of amidine groups is 1. The van der Waals surface area contributed by atoms with Crippen molar-refractivity contribution in [3.63, 3.8) is 0 Å². The molecule has 0 radical (unpaired) electrons. The molecule has 0 aromatic heterocycles. The second kappa shape index (κ2) is 8.23. The van der Waals surface area contributed by atoms with Crippen LogP contribution in [0.3, 0.4) is 0 Å². The lowest BCUT2D eigenvalue weighted by Gasteiger charge is -2.26. The van der Waals surface area contributed by atoms with Crippen LogP contribution in [0.25, 0.3) is 0 Å². The molecule has 0 unspecified atom stereocenters. The average Bonchev–Trinajstić information content (AvgIpc) is 2.55. The topological polar surface area (TPSA) is 27.6 Å². The zero-order valence-corrected chi connectivity index (χ0v) is 14.6. The normalized spacial score (nSPS) is 18.5. The molecule has 1 aromatic carbocycles. The van der Waals surface area contributed by atoms with E-state index >= 15 is 0 Å². The van der Waals surface area contributed by atoms with Gasteiger partial charge >= 0.3 is 0 Å². The third-order valence-corrected chi connectivity index (χ3v) is 5.49. The van der Waals surface area contributed by atoms with Gasteiger partial charge in [-0.05, 0) is 69.1 Å². The van der Waals surface area contributed by atoms with Gasteiger partial charge in [-0.25, -0.2) is 0 Å². The molecule has 0 bridgehead atoms. The van der Waals surface area contributed by atoms with E-state index in [0.29, 0.717) is 0 Å². The minimum atomic E-state index is 0.735. The molecule has 22 heavy (non-hydrogen) atoms. The lowest BCUT2D eigenvalue weighted by atomic mass is 10.1. The second-order valence-corrected chi connectivity index (χ2v) is 7.53. The van der Waals surface area contributed by atoms with E-state index in [2.05, 4.69) is 15.2 Å². The fourth-order valence-corrected chi connectivity index (χ4v) is 4.07. The standard InChI is InChI=1S/C17H24ClN3S/c18-15-6-7-16-14(12-15)13-19-17(20-16)22-11-5-4-10-21-8-2-1-3-9-21/h6-7,12H,1-5,8-11,13H2,(H,19,20). The third-order valence-electron chi connectivity index (χ3n) is 4.26. The number of piperidine rings is 1. The van der Waals surface area contributed by atoms with Crippen LogP contribution in [0.5, 0.6) is 0 Å². The second-order valence-electron chi connectivity index (χ2n) is 6.01. The molecule has 0 saturated carbocycles. The third kappa shape index (κ3) is 4.64. The molecule has 0 atom stereocenters. The number of hydrogen-bond donors (Lipinski definition) is 1. The Balaban J connectivity index is 1.34. The molecule has 0 spiro atoms. The van der Waals surface area contributed by atoms with Crippen LogP contribution < -0.4 is 5.32 Å². The number of halogens is 1. The molecule has 5 heteroatoms. The highest BCUT2D eigenvalue weighted by Crippen LogP contribution is 2.26. The van der Waals surface area contributed by atoms with E-state index in [-0.39, 0.29) is 0 Å². The van der Waals surface area contributed by atoms with E-state index in [4.69, 9.17) is 11.6 Å². The van der Waals surface area contributed by atoms with Crippen molar-refractivity contribution in [3.05, 3.63) is 28.8 Å². The van der Waals surface area contributed by atoms with Crippen molar-refractivity contribution in [3.8, 4) is 0 Å². The number of anilines is 1. The Bertz CT molecular complexity index is 527. The number of thioether (sulfide) groups is 1. The van der Waals surface area contributed by atoms with Gasteiger partial charge in [-0.1, -0.05) is 29.8 Å². The zero-order chi connectivity index (χ0) is 15.2. The summed E-state index contributed by atoms with van der Waals surface area (Å²) in [5, 5.41) is 5.24. The number of fused-ring (bicyclic) bond motifs is 1. The Kier molecular flexibility index (Phi) is 6.04. The summed E-state index contributed by atoms with van der Waals surface area (Å²) in [5.74, 6) is 1.14. The van der Waals surface area contributed by atoms with Gasteiger partial charge in [-0.2, -0.15) is 0 Å². The fourth-order valence-electron chi connectivity index (χ4n) is 3.00. The molecule has 1 fully saturated rings. The summed E-state index contributed by atoms with van der Waals surface area (Å²) in [6.45, 7) is 4.61. The van der Waals surface area contributed by atoms with Crippen molar-refractivity contribution < 1.29 is 0 Å². The van der Waals surface area contributed by atoms with Crippen molar-refractivity contribution in [1.82, 2.24) is 4.90 Å². The number of benzene rings is 1. The number of rotatable bonds is 5. The quantitative estimate of drug-likeness (QED) is 0.794. The number of hydrogen-bond acceptors (Lipinski definition) is 4. The molecule has 2 aliphatic rings. The monoisotopic (exact) mass is 337 g/mol. The smallest absolute Gasteiger partial charge is 0.161 e.